The number of halogens is 1. The number of hydrogen-bond donors (Lipinski definition) is 0. The van der Waals surface area contributed by atoms with E-state index in [2.05, 4.69) is 32.5 Å². The summed E-state index contributed by atoms with van der Waals surface area (Å²) >= 11 is 2.24. The van der Waals surface area contributed by atoms with Crippen molar-refractivity contribution in [3.63, 3.8) is 0 Å². The molecule has 0 amide bonds. The number of aromatic nitrogens is 1. The number of piperazine rings is 1. The van der Waals surface area contributed by atoms with E-state index < -0.39 is 17.5 Å². The highest BCUT2D eigenvalue weighted by molar-refractivity contribution is 14.1. The van der Waals surface area contributed by atoms with E-state index in [0.717, 1.165) is 35.3 Å². The van der Waals surface area contributed by atoms with Gasteiger partial charge in [-0.3, -0.25) is 4.90 Å². The van der Waals surface area contributed by atoms with Gasteiger partial charge in [0, 0.05) is 34.9 Å². The molecule has 27 heavy (non-hydrogen) atoms. The molecule has 2 saturated heterocycles. The zero-order chi connectivity index (χ0) is 19.6. The molecule has 3 heterocycles. The van der Waals surface area contributed by atoms with Crippen LogP contribution in [0.4, 0.5) is 5.82 Å². The molecular formula is C19H26IN3O4. The molecule has 0 aliphatic carbocycles. The fourth-order valence-electron chi connectivity index (χ4n) is 4.21. The highest BCUT2D eigenvalue weighted by atomic mass is 127. The number of carbonyl (C=O) groups is 2. The Kier molecular flexibility index (Phi) is 6.25. The van der Waals surface area contributed by atoms with Gasteiger partial charge in [-0.1, -0.05) is 0 Å². The number of ether oxygens (including phenoxy) is 2. The molecule has 0 saturated carbocycles. The van der Waals surface area contributed by atoms with Crippen LogP contribution >= 0.6 is 22.6 Å². The van der Waals surface area contributed by atoms with Crippen molar-refractivity contribution in [2.24, 2.45) is 0 Å². The van der Waals surface area contributed by atoms with Gasteiger partial charge in [0.1, 0.15) is 5.82 Å². The topological polar surface area (TPSA) is 72.0 Å². The lowest BCUT2D eigenvalue weighted by molar-refractivity contribution is -0.177. The van der Waals surface area contributed by atoms with Crippen LogP contribution in [-0.4, -0.2) is 65.7 Å². The summed E-state index contributed by atoms with van der Waals surface area (Å²) in [4.78, 5) is 34.4. The Balaban J connectivity index is 1.86. The van der Waals surface area contributed by atoms with Crippen molar-refractivity contribution in [3.05, 3.63) is 21.9 Å². The van der Waals surface area contributed by atoms with Gasteiger partial charge < -0.3 is 14.4 Å². The Labute approximate surface area is 173 Å². The molecule has 1 aromatic heterocycles. The number of hydrogen-bond acceptors (Lipinski definition) is 7. The maximum Gasteiger partial charge on any atom is 0.338 e. The second-order valence-electron chi connectivity index (χ2n) is 7.05. The first-order valence-electron chi connectivity index (χ1n) is 9.41. The number of anilines is 1. The monoisotopic (exact) mass is 487 g/mol. The molecule has 2 atom stereocenters. The van der Waals surface area contributed by atoms with E-state index in [1.807, 2.05) is 23.2 Å². The Morgan fingerprint density at radius 2 is 1.70 bits per heavy atom. The number of pyridine rings is 1. The van der Waals surface area contributed by atoms with E-state index in [4.69, 9.17) is 9.47 Å². The summed E-state index contributed by atoms with van der Waals surface area (Å²) in [6.45, 7) is 7.05. The Hall–Kier alpha value is -1.42. The van der Waals surface area contributed by atoms with Crippen LogP contribution in [0.2, 0.25) is 0 Å². The lowest BCUT2D eigenvalue weighted by Gasteiger charge is -2.47. The normalized spacial score (nSPS) is 22.6. The van der Waals surface area contributed by atoms with Crippen LogP contribution in [-0.2, 0) is 19.1 Å². The van der Waals surface area contributed by atoms with Gasteiger partial charge in [-0.15, -0.1) is 0 Å². The fraction of sp³-hybridized carbons (Fsp3) is 0.632. The van der Waals surface area contributed by atoms with Gasteiger partial charge in [-0.2, -0.15) is 0 Å². The number of rotatable bonds is 6. The zero-order valence-electron chi connectivity index (χ0n) is 16.0. The fourth-order valence-corrected chi connectivity index (χ4v) is 4.53. The van der Waals surface area contributed by atoms with E-state index in [0.29, 0.717) is 0 Å². The molecule has 7 nitrogen and oxygen atoms in total. The van der Waals surface area contributed by atoms with Crippen molar-refractivity contribution in [3.8, 4) is 0 Å². The third-order valence-corrected chi connectivity index (χ3v) is 6.02. The van der Waals surface area contributed by atoms with Crippen molar-refractivity contribution in [2.75, 3.05) is 31.2 Å². The van der Waals surface area contributed by atoms with Crippen LogP contribution in [0, 0.1) is 3.57 Å². The third-order valence-electron chi connectivity index (χ3n) is 5.38. The highest BCUT2D eigenvalue weighted by Crippen LogP contribution is 2.38. The average Bonchev–Trinajstić information content (AvgIpc) is 2.92. The summed E-state index contributed by atoms with van der Waals surface area (Å²) in [7, 11) is 0. The summed E-state index contributed by atoms with van der Waals surface area (Å²) in [6, 6.07) is 4.21. The van der Waals surface area contributed by atoms with Gasteiger partial charge >= 0.3 is 11.9 Å². The third kappa shape index (κ3) is 3.78. The second-order valence-corrected chi connectivity index (χ2v) is 8.29. The minimum absolute atomic E-state index is 0.0728. The predicted octanol–water partition coefficient (Wildman–Crippen LogP) is 2.22. The molecule has 0 aromatic carbocycles. The number of nitrogens with zero attached hydrogens (tertiary/aromatic N) is 3. The quantitative estimate of drug-likeness (QED) is 0.346. The highest BCUT2D eigenvalue weighted by Gasteiger charge is 2.58. The van der Waals surface area contributed by atoms with Crippen molar-refractivity contribution in [2.45, 2.75) is 51.2 Å². The molecule has 8 heteroatoms. The van der Waals surface area contributed by atoms with E-state index >= 15 is 0 Å². The van der Waals surface area contributed by atoms with Gasteiger partial charge in [0.05, 0.1) is 13.2 Å². The van der Waals surface area contributed by atoms with Crippen molar-refractivity contribution >= 4 is 40.3 Å². The predicted molar refractivity (Wildman–Crippen MR) is 109 cm³/mol. The molecule has 0 spiro atoms. The minimum atomic E-state index is -1.41. The largest absolute Gasteiger partial charge is 0.464 e. The molecular weight excluding hydrogens is 461 g/mol. The van der Waals surface area contributed by atoms with Crippen molar-refractivity contribution < 1.29 is 19.1 Å². The smallest absolute Gasteiger partial charge is 0.338 e. The van der Waals surface area contributed by atoms with Gasteiger partial charge in [-0.25, -0.2) is 14.6 Å². The van der Waals surface area contributed by atoms with Gasteiger partial charge in [-0.05, 0) is 68.3 Å². The lowest BCUT2D eigenvalue weighted by atomic mass is 9.95. The van der Waals surface area contributed by atoms with Crippen LogP contribution in [0.25, 0.3) is 0 Å². The summed E-state index contributed by atoms with van der Waals surface area (Å²) in [5, 5.41) is 0. The summed E-state index contributed by atoms with van der Waals surface area (Å²) in [5.41, 5.74) is -1.41. The first kappa shape index (κ1) is 20.3. The summed E-state index contributed by atoms with van der Waals surface area (Å²) in [5.74, 6) is -0.122. The first-order chi connectivity index (χ1) is 12.9. The van der Waals surface area contributed by atoms with Gasteiger partial charge in [0.2, 0.25) is 5.54 Å². The Morgan fingerprint density at radius 3 is 2.15 bits per heavy atom. The first-order valence-corrected chi connectivity index (χ1v) is 10.5. The van der Waals surface area contributed by atoms with Crippen LogP contribution in [0.3, 0.4) is 0 Å². The average molecular weight is 487 g/mol. The molecule has 1 aromatic rings. The molecule has 2 bridgehead atoms. The van der Waals surface area contributed by atoms with E-state index in [1.54, 1.807) is 20.8 Å². The second kappa shape index (κ2) is 8.30. The maximum absolute atomic E-state index is 12.8. The molecule has 0 N–H and O–H groups in total. The van der Waals surface area contributed by atoms with Crippen LogP contribution in [0.1, 0.15) is 33.6 Å². The SMILES string of the molecule is CCOC(=O)C(C)(C(=O)OCC)N1C2CCC1CN(c1ccc(I)cn1)C2. The van der Waals surface area contributed by atoms with Crippen LogP contribution in [0.5, 0.6) is 0 Å². The van der Waals surface area contributed by atoms with Gasteiger partial charge in [0.25, 0.3) is 0 Å². The number of fused-ring (bicyclic) bond motifs is 2. The maximum atomic E-state index is 12.8. The summed E-state index contributed by atoms with van der Waals surface area (Å²) in [6.07, 6.45) is 3.71. The Morgan fingerprint density at radius 1 is 1.15 bits per heavy atom. The lowest BCUT2D eigenvalue weighted by Crippen LogP contribution is -2.68. The van der Waals surface area contributed by atoms with E-state index in [1.165, 1.54) is 0 Å². The van der Waals surface area contributed by atoms with Crippen LogP contribution in [0.15, 0.2) is 18.3 Å². The summed E-state index contributed by atoms with van der Waals surface area (Å²) < 4.78 is 11.6. The molecule has 148 valence electrons. The van der Waals surface area contributed by atoms with Crippen molar-refractivity contribution in [1.29, 1.82) is 0 Å². The minimum Gasteiger partial charge on any atom is -0.464 e. The van der Waals surface area contributed by atoms with E-state index in [9.17, 15) is 9.59 Å². The van der Waals surface area contributed by atoms with Gasteiger partial charge in [0.15, 0.2) is 0 Å². The van der Waals surface area contributed by atoms with E-state index in [-0.39, 0.29) is 25.3 Å². The van der Waals surface area contributed by atoms with Crippen LogP contribution < -0.4 is 4.90 Å². The molecule has 2 aliphatic rings. The molecule has 2 unspecified atom stereocenters. The zero-order valence-corrected chi connectivity index (χ0v) is 18.1. The number of carbonyl (C=O) groups excluding carboxylic acids is 2. The number of esters is 2. The molecule has 2 fully saturated rings. The molecule has 0 radical (unpaired) electrons. The molecule has 3 rings (SSSR count). The molecule has 2 aliphatic heterocycles. The Bertz CT molecular complexity index is 665. The standard InChI is InChI=1S/C19H26IN3O4/c1-4-26-17(24)19(3,18(25)27-5-2)23-14-7-8-15(23)12-22(11-14)16-9-6-13(20)10-21-16/h6,9-10,14-15H,4-5,7-8,11-12H2,1-3H3. The van der Waals surface area contributed by atoms with Crippen molar-refractivity contribution in [1.82, 2.24) is 9.88 Å².